The van der Waals surface area contributed by atoms with Gasteiger partial charge in [-0.3, -0.25) is 28.0 Å². The molecule has 0 radical (unpaired) electrons. The van der Waals surface area contributed by atoms with Crippen molar-refractivity contribution in [2.45, 2.75) is 55.8 Å². The molecule has 5 rings (SSSR count). The van der Waals surface area contributed by atoms with Crippen molar-refractivity contribution in [2.75, 3.05) is 59.0 Å². The Morgan fingerprint density at radius 2 is 2.00 bits per heavy atom. The highest BCUT2D eigenvalue weighted by atomic mass is 31.2. The second kappa shape index (κ2) is 14.2. The van der Waals surface area contributed by atoms with E-state index in [1.54, 1.807) is 0 Å². The van der Waals surface area contributed by atoms with Crippen molar-refractivity contribution in [3.05, 3.63) is 39.4 Å². The molecule has 20 nitrogen and oxygen atoms in total. The Morgan fingerprint density at radius 3 is 2.70 bits per heavy atom. The van der Waals surface area contributed by atoms with E-state index >= 15 is 0 Å². The quantitative estimate of drug-likeness (QED) is 0.0811. The number of hydrogen-bond acceptors (Lipinski definition) is 16. The van der Waals surface area contributed by atoms with Gasteiger partial charge in [0.2, 0.25) is 5.95 Å². The lowest BCUT2D eigenvalue weighted by Gasteiger charge is -2.26. The van der Waals surface area contributed by atoms with Crippen LogP contribution >= 0.6 is 7.75 Å². The van der Waals surface area contributed by atoms with Gasteiger partial charge in [0.15, 0.2) is 17.4 Å². The lowest BCUT2D eigenvalue weighted by Crippen LogP contribution is -2.38. The molecule has 0 bridgehead atoms. The number of anilines is 2. The van der Waals surface area contributed by atoms with Crippen LogP contribution in [0.5, 0.6) is 0 Å². The number of methoxy groups -OCH3 is 1. The average Bonchev–Trinajstić information content (AvgIpc) is 3.69. The van der Waals surface area contributed by atoms with Crippen LogP contribution in [0.4, 0.5) is 11.8 Å². The number of hydrogen-bond donors (Lipinski definition) is 6. The van der Waals surface area contributed by atoms with E-state index in [9.17, 15) is 24.4 Å². The van der Waals surface area contributed by atoms with E-state index < -0.39 is 75.2 Å². The molecular formula is C25H39N10O10P. The van der Waals surface area contributed by atoms with E-state index in [-0.39, 0.29) is 35.9 Å². The monoisotopic (exact) mass is 670 g/mol. The van der Waals surface area contributed by atoms with Crippen LogP contribution in [-0.2, 0) is 27.8 Å². The maximum absolute atomic E-state index is 14.2. The second-order valence-electron chi connectivity index (χ2n) is 11.1. The molecule has 5 heterocycles. The number of aromatic nitrogens is 6. The number of aliphatic hydroxyl groups is 2. The number of imidazole rings is 1. The van der Waals surface area contributed by atoms with Gasteiger partial charge in [-0.25, -0.2) is 19.4 Å². The molecule has 0 aliphatic carbocycles. The molecule has 3 aromatic heterocycles. The molecular weight excluding hydrogens is 631 g/mol. The van der Waals surface area contributed by atoms with E-state index in [1.165, 1.54) is 30.3 Å². The van der Waals surface area contributed by atoms with Crippen molar-refractivity contribution in [1.29, 1.82) is 0 Å². The van der Waals surface area contributed by atoms with Gasteiger partial charge in [0.25, 0.3) is 5.56 Å². The summed E-state index contributed by atoms with van der Waals surface area (Å²) in [4.78, 5) is 41.0. The summed E-state index contributed by atoms with van der Waals surface area (Å²) < 4.78 is 45.9. The molecule has 8 atom stereocenters. The third kappa shape index (κ3) is 7.31. The number of nitrogens with zero attached hydrogens (tertiary/aromatic N) is 6. The lowest BCUT2D eigenvalue weighted by atomic mass is 10.1. The minimum absolute atomic E-state index is 0.0154. The number of fused-ring (bicyclic) bond motifs is 1. The Morgan fingerprint density at radius 1 is 1.22 bits per heavy atom. The fourth-order valence-electron chi connectivity index (χ4n) is 5.33. The summed E-state index contributed by atoms with van der Waals surface area (Å²) in [5, 5.41) is 23.9. The van der Waals surface area contributed by atoms with Gasteiger partial charge in [0.1, 0.15) is 42.6 Å². The summed E-state index contributed by atoms with van der Waals surface area (Å²) in [5.41, 5.74) is 10.3. The van der Waals surface area contributed by atoms with Crippen molar-refractivity contribution in [2.24, 2.45) is 0 Å². The Labute approximate surface area is 262 Å². The third-order valence-corrected chi connectivity index (χ3v) is 9.25. The van der Waals surface area contributed by atoms with Crippen molar-refractivity contribution in [1.82, 2.24) is 39.1 Å². The van der Waals surface area contributed by atoms with Gasteiger partial charge >= 0.3 is 13.4 Å². The van der Waals surface area contributed by atoms with Crippen molar-refractivity contribution in [3.63, 3.8) is 0 Å². The molecule has 0 spiro atoms. The van der Waals surface area contributed by atoms with Crippen LogP contribution in [0.25, 0.3) is 11.2 Å². The summed E-state index contributed by atoms with van der Waals surface area (Å²) in [7, 11) is 0.974. The minimum Gasteiger partial charge on any atom is -0.394 e. The summed E-state index contributed by atoms with van der Waals surface area (Å²) in [5.74, 6) is -0.1000. The van der Waals surface area contributed by atoms with Crippen molar-refractivity contribution in [3.8, 4) is 0 Å². The van der Waals surface area contributed by atoms with Gasteiger partial charge in [-0.2, -0.15) is 9.97 Å². The highest BCUT2D eigenvalue weighted by Crippen LogP contribution is 2.49. The highest BCUT2D eigenvalue weighted by molar-refractivity contribution is 7.51. The first-order chi connectivity index (χ1) is 21.9. The fraction of sp³-hybridized carbons (Fsp3) is 0.640. The van der Waals surface area contributed by atoms with E-state index in [0.717, 1.165) is 4.57 Å². The van der Waals surface area contributed by atoms with Crippen LogP contribution in [-0.4, -0.2) is 122 Å². The van der Waals surface area contributed by atoms with Gasteiger partial charge in [-0.1, -0.05) is 0 Å². The van der Waals surface area contributed by atoms with Crippen LogP contribution in [0, 0.1) is 0 Å². The van der Waals surface area contributed by atoms with Crippen LogP contribution in [0.3, 0.4) is 0 Å². The number of nitrogens with two attached hydrogens (primary N) is 2. The fourth-order valence-corrected chi connectivity index (χ4v) is 6.91. The summed E-state index contributed by atoms with van der Waals surface area (Å²) in [6.45, 7) is -0.00365. The molecule has 3 aromatic rings. The van der Waals surface area contributed by atoms with Crippen LogP contribution in [0.1, 0.15) is 25.3 Å². The number of aromatic amines is 1. The number of nitrogens with one attached hydrogen (secondary N) is 2. The maximum Gasteiger partial charge on any atom is 0.405 e. The molecule has 21 heteroatoms. The van der Waals surface area contributed by atoms with E-state index in [2.05, 4.69) is 25.0 Å². The molecule has 8 N–H and O–H groups in total. The molecule has 2 aliphatic heterocycles. The van der Waals surface area contributed by atoms with E-state index in [1.807, 2.05) is 19.0 Å². The van der Waals surface area contributed by atoms with Crippen LogP contribution < -0.4 is 27.8 Å². The number of nitrogen functional groups attached to an aromatic ring is 2. The third-order valence-electron chi connectivity index (χ3n) is 7.60. The predicted molar refractivity (Wildman–Crippen MR) is 161 cm³/mol. The predicted octanol–water partition coefficient (Wildman–Crippen LogP) is -1.85. The van der Waals surface area contributed by atoms with Crippen LogP contribution in [0.2, 0.25) is 0 Å². The van der Waals surface area contributed by atoms with Crippen molar-refractivity contribution < 1.29 is 38.0 Å². The van der Waals surface area contributed by atoms with Gasteiger partial charge in [0.05, 0.1) is 19.5 Å². The normalized spacial score (nSPS) is 27.9. The zero-order valence-electron chi connectivity index (χ0n) is 25.5. The number of ether oxygens (including phenoxy) is 3. The molecule has 2 aliphatic rings. The molecule has 46 heavy (non-hydrogen) atoms. The van der Waals surface area contributed by atoms with Gasteiger partial charge in [-0.15, -0.1) is 0 Å². The average molecular weight is 671 g/mol. The lowest BCUT2D eigenvalue weighted by molar-refractivity contribution is -0.0633. The standard InChI is InChI=1S/C25H39N10O10P/c1-33(2)7-4-6-29-46(40,42-11-15-19(37)20(41-3)23(44-15)34-8-5-16(26)30-25(34)39)45-13-9-17(43-14(13)10-36)35-12-28-18-21(35)31-24(27)32-22(18)38/h5,8,12-15,17,19-20,23,36-37H,4,6-7,9-11H2,1-3H3,(H,29,40)(H2,26,30,39)(H3,27,31,32,38)/t13-,14-,15-,17-,19+,20?,23-,46?/m1/s1. The van der Waals surface area contributed by atoms with Gasteiger partial charge in [0, 0.05) is 26.3 Å². The molecule has 2 unspecified atom stereocenters. The Hall–Kier alpha value is -3.30. The van der Waals surface area contributed by atoms with Gasteiger partial charge in [-0.05, 0) is 33.1 Å². The number of aliphatic hydroxyl groups excluding tert-OH is 2. The summed E-state index contributed by atoms with van der Waals surface area (Å²) in [6.07, 6.45) is -3.77. The smallest absolute Gasteiger partial charge is 0.394 e. The highest BCUT2D eigenvalue weighted by Gasteiger charge is 2.48. The number of H-pyrrole nitrogens is 1. The maximum atomic E-state index is 14.2. The molecule has 0 saturated carbocycles. The Balaban J connectivity index is 1.33. The topological polar surface area (TPSA) is 269 Å². The van der Waals surface area contributed by atoms with E-state index in [4.69, 9.17) is 34.7 Å². The first-order valence-electron chi connectivity index (χ1n) is 14.5. The summed E-state index contributed by atoms with van der Waals surface area (Å²) in [6, 6.07) is 1.40. The zero-order valence-corrected chi connectivity index (χ0v) is 26.4. The van der Waals surface area contributed by atoms with Gasteiger partial charge < -0.3 is 40.8 Å². The minimum atomic E-state index is -4.17. The molecule has 2 fully saturated rings. The number of rotatable bonds is 14. The SMILES string of the molecule is COC1[C@@H](O)[C@@H](COP(=O)(NCCCN(C)C)O[C@@H]2C[C@H](n3cnc4c(=O)[nH]c(N)nc43)O[C@@H]2CO)O[C@H]1n1ccc(N)nc1=O. The molecule has 2 saturated heterocycles. The molecule has 0 aromatic carbocycles. The zero-order chi connectivity index (χ0) is 33.2. The van der Waals surface area contributed by atoms with E-state index in [0.29, 0.717) is 13.0 Å². The Kier molecular flexibility index (Phi) is 10.5. The first-order valence-corrected chi connectivity index (χ1v) is 16.0. The largest absolute Gasteiger partial charge is 0.405 e. The van der Waals surface area contributed by atoms with Crippen LogP contribution in [0.15, 0.2) is 28.2 Å². The van der Waals surface area contributed by atoms with Crippen molar-refractivity contribution >= 4 is 30.7 Å². The molecule has 254 valence electrons. The Bertz CT molecular complexity index is 1670. The molecule has 0 amide bonds. The first kappa shape index (κ1) is 34.0. The second-order valence-corrected chi connectivity index (χ2v) is 12.9. The summed E-state index contributed by atoms with van der Waals surface area (Å²) >= 11 is 0.